The van der Waals surface area contributed by atoms with Gasteiger partial charge in [0.1, 0.15) is 11.5 Å². The number of halogens is 3. The van der Waals surface area contributed by atoms with Crippen molar-refractivity contribution in [1.29, 1.82) is 0 Å². The highest BCUT2D eigenvalue weighted by molar-refractivity contribution is 6.42. The van der Waals surface area contributed by atoms with E-state index in [1.807, 2.05) is 0 Å². The summed E-state index contributed by atoms with van der Waals surface area (Å²) in [6.07, 6.45) is 0. The lowest BCUT2D eigenvalue weighted by molar-refractivity contribution is 0.102. The van der Waals surface area contributed by atoms with Crippen molar-refractivity contribution in [1.82, 2.24) is 0 Å². The second-order valence-electron chi connectivity index (χ2n) is 3.79. The fraction of sp³-hybridized carbons (Fsp3) is 0. The van der Waals surface area contributed by atoms with Crippen LogP contribution < -0.4 is 11.1 Å². The molecule has 3 nitrogen and oxygen atoms in total. The summed E-state index contributed by atoms with van der Waals surface area (Å²) in [7, 11) is 0. The van der Waals surface area contributed by atoms with Crippen molar-refractivity contribution in [3.63, 3.8) is 0 Å². The Morgan fingerprint density at radius 1 is 1.16 bits per heavy atom. The number of hydrogen-bond acceptors (Lipinski definition) is 2. The lowest BCUT2D eigenvalue weighted by atomic mass is 10.2. The van der Waals surface area contributed by atoms with Gasteiger partial charge in [0.05, 0.1) is 15.7 Å². The average Bonchev–Trinajstić information content (AvgIpc) is 2.37. The summed E-state index contributed by atoms with van der Waals surface area (Å²) in [5.41, 5.74) is 5.95. The van der Waals surface area contributed by atoms with E-state index in [0.29, 0.717) is 5.02 Å². The molecule has 0 saturated carbocycles. The maximum absolute atomic E-state index is 13.5. The van der Waals surface area contributed by atoms with Crippen molar-refractivity contribution in [2.24, 2.45) is 0 Å². The minimum atomic E-state index is -0.603. The van der Waals surface area contributed by atoms with Crippen LogP contribution in [0.3, 0.4) is 0 Å². The van der Waals surface area contributed by atoms with Crippen LogP contribution in [0.15, 0.2) is 36.4 Å². The van der Waals surface area contributed by atoms with Gasteiger partial charge < -0.3 is 11.1 Å². The average molecular weight is 299 g/mol. The van der Waals surface area contributed by atoms with Gasteiger partial charge in [-0.3, -0.25) is 4.79 Å². The van der Waals surface area contributed by atoms with Crippen LogP contribution in [-0.2, 0) is 0 Å². The van der Waals surface area contributed by atoms with Crippen molar-refractivity contribution in [3.8, 4) is 0 Å². The molecule has 0 fully saturated rings. The van der Waals surface area contributed by atoms with Gasteiger partial charge in [-0.05, 0) is 30.3 Å². The Morgan fingerprint density at radius 3 is 2.53 bits per heavy atom. The Hall–Kier alpha value is -1.78. The molecule has 0 heterocycles. The molecule has 0 spiro atoms. The Bertz CT molecular complexity index is 626. The van der Waals surface area contributed by atoms with Gasteiger partial charge in [0.15, 0.2) is 0 Å². The van der Waals surface area contributed by atoms with E-state index in [1.165, 1.54) is 36.4 Å². The molecule has 98 valence electrons. The van der Waals surface area contributed by atoms with Crippen LogP contribution in [0.25, 0.3) is 0 Å². The van der Waals surface area contributed by atoms with E-state index in [-0.39, 0.29) is 22.0 Å². The molecule has 3 N–H and O–H groups in total. The maximum atomic E-state index is 13.5. The molecule has 0 bridgehead atoms. The van der Waals surface area contributed by atoms with E-state index in [9.17, 15) is 9.18 Å². The van der Waals surface area contributed by atoms with Crippen molar-refractivity contribution >= 4 is 40.5 Å². The molecule has 2 aromatic rings. The van der Waals surface area contributed by atoms with E-state index in [2.05, 4.69) is 5.32 Å². The van der Waals surface area contributed by atoms with Gasteiger partial charge in [0.2, 0.25) is 0 Å². The minimum absolute atomic E-state index is 0.0569. The highest BCUT2D eigenvalue weighted by Gasteiger charge is 2.12. The summed E-state index contributed by atoms with van der Waals surface area (Å²) < 4.78 is 13.5. The highest BCUT2D eigenvalue weighted by atomic mass is 35.5. The van der Waals surface area contributed by atoms with Crippen LogP contribution in [0.1, 0.15) is 10.4 Å². The molecule has 2 aromatic carbocycles. The third-order valence-electron chi connectivity index (χ3n) is 2.47. The van der Waals surface area contributed by atoms with Gasteiger partial charge in [0, 0.05) is 5.56 Å². The first-order valence-corrected chi connectivity index (χ1v) is 6.05. The molecular weight excluding hydrogens is 290 g/mol. The molecule has 0 atom stereocenters. The zero-order chi connectivity index (χ0) is 14.0. The van der Waals surface area contributed by atoms with Crippen molar-refractivity contribution in [2.45, 2.75) is 0 Å². The summed E-state index contributed by atoms with van der Waals surface area (Å²) in [6.45, 7) is 0. The number of hydrogen-bond donors (Lipinski definition) is 2. The van der Waals surface area contributed by atoms with Crippen molar-refractivity contribution < 1.29 is 9.18 Å². The predicted octanol–water partition coefficient (Wildman–Crippen LogP) is 3.97. The molecular formula is C13H9Cl2FN2O. The van der Waals surface area contributed by atoms with Gasteiger partial charge >= 0.3 is 0 Å². The van der Waals surface area contributed by atoms with Crippen LogP contribution >= 0.6 is 23.2 Å². The predicted molar refractivity (Wildman–Crippen MR) is 75.2 cm³/mol. The molecule has 19 heavy (non-hydrogen) atoms. The van der Waals surface area contributed by atoms with Crippen LogP contribution in [0.2, 0.25) is 10.0 Å². The standard InChI is InChI=1S/C13H9Cl2FN2O/c14-8-5-4-7(6-9(8)15)13(19)18-12-10(16)2-1-3-11(12)17/h1-6H,17H2,(H,18,19). The molecule has 0 aromatic heterocycles. The number of nitrogen functional groups attached to an aromatic ring is 1. The Morgan fingerprint density at radius 2 is 1.89 bits per heavy atom. The Labute approximate surface area is 119 Å². The van der Waals surface area contributed by atoms with E-state index in [0.717, 1.165) is 0 Å². The van der Waals surface area contributed by atoms with Crippen LogP contribution in [0, 0.1) is 5.82 Å². The number of anilines is 2. The second-order valence-corrected chi connectivity index (χ2v) is 4.60. The minimum Gasteiger partial charge on any atom is -0.397 e. The first kappa shape index (κ1) is 13.6. The maximum Gasteiger partial charge on any atom is 0.255 e. The second kappa shape index (κ2) is 5.47. The number of nitrogens with two attached hydrogens (primary N) is 1. The fourth-order valence-electron chi connectivity index (χ4n) is 1.50. The molecule has 0 unspecified atom stereocenters. The molecule has 0 aliphatic carbocycles. The van der Waals surface area contributed by atoms with Gasteiger partial charge in [0.25, 0.3) is 5.91 Å². The monoisotopic (exact) mass is 298 g/mol. The number of amides is 1. The normalized spacial score (nSPS) is 10.3. The van der Waals surface area contributed by atoms with Crippen LogP contribution in [0.4, 0.5) is 15.8 Å². The SMILES string of the molecule is Nc1cccc(F)c1NC(=O)c1ccc(Cl)c(Cl)c1. The number of rotatable bonds is 2. The van der Waals surface area contributed by atoms with Crippen molar-refractivity contribution in [2.75, 3.05) is 11.1 Å². The third-order valence-corrected chi connectivity index (χ3v) is 3.21. The summed E-state index contributed by atoms with van der Waals surface area (Å²) in [4.78, 5) is 11.9. The number of carbonyl (C=O) groups excluding carboxylic acids is 1. The summed E-state index contributed by atoms with van der Waals surface area (Å²) in [5, 5.41) is 2.98. The van der Waals surface area contributed by atoms with Gasteiger partial charge in [-0.25, -0.2) is 4.39 Å². The fourth-order valence-corrected chi connectivity index (χ4v) is 1.79. The van der Waals surface area contributed by atoms with E-state index < -0.39 is 11.7 Å². The van der Waals surface area contributed by atoms with Gasteiger partial charge in [-0.2, -0.15) is 0 Å². The molecule has 0 saturated heterocycles. The molecule has 0 radical (unpaired) electrons. The van der Waals surface area contributed by atoms with Gasteiger partial charge in [-0.1, -0.05) is 29.3 Å². The number of carbonyl (C=O) groups is 1. The number of para-hydroxylation sites is 1. The lowest BCUT2D eigenvalue weighted by Crippen LogP contribution is -2.14. The quantitative estimate of drug-likeness (QED) is 0.824. The number of nitrogens with one attached hydrogen (secondary N) is 1. The summed E-state index contributed by atoms with van der Waals surface area (Å²) in [5.74, 6) is -1.12. The summed E-state index contributed by atoms with van der Waals surface area (Å²) >= 11 is 11.6. The first-order chi connectivity index (χ1) is 8.99. The van der Waals surface area contributed by atoms with Crippen molar-refractivity contribution in [3.05, 3.63) is 57.8 Å². The van der Waals surface area contributed by atoms with E-state index in [4.69, 9.17) is 28.9 Å². The molecule has 0 aliphatic heterocycles. The zero-order valence-corrected chi connectivity index (χ0v) is 11.1. The first-order valence-electron chi connectivity index (χ1n) is 5.29. The molecule has 1 amide bonds. The Kier molecular flexibility index (Phi) is 3.93. The van der Waals surface area contributed by atoms with Crippen LogP contribution in [-0.4, -0.2) is 5.91 Å². The lowest BCUT2D eigenvalue weighted by Gasteiger charge is -2.09. The summed E-state index contributed by atoms with van der Waals surface area (Å²) in [6, 6.07) is 8.54. The smallest absolute Gasteiger partial charge is 0.255 e. The van der Waals surface area contributed by atoms with Crippen LogP contribution in [0.5, 0.6) is 0 Å². The number of benzene rings is 2. The Balaban J connectivity index is 2.28. The highest BCUT2D eigenvalue weighted by Crippen LogP contribution is 2.25. The van der Waals surface area contributed by atoms with Gasteiger partial charge in [-0.15, -0.1) is 0 Å². The molecule has 0 aliphatic rings. The molecule has 6 heteroatoms. The largest absolute Gasteiger partial charge is 0.397 e. The zero-order valence-electron chi connectivity index (χ0n) is 9.58. The van der Waals surface area contributed by atoms with E-state index in [1.54, 1.807) is 0 Å². The van der Waals surface area contributed by atoms with E-state index >= 15 is 0 Å². The third kappa shape index (κ3) is 2.97. The topological polar surface area (TPSA) is 55.1 Å². The molecule has 2 rings (SSSR count).